The van der Waals surface area contributed by atoms with Gasteiger partial charge in [-0.15, -0.1) is 0 Å². The van der Waals surface area contributed by atoms with Gasteiger partial charge < -0.3 is 20.5 Å². The van der Waals surface area contributed by atoms with Crippen LogP contribution in [0.5, 0.6) is 11.5 Å². The van der Waals surface area contributed by atoms with E-state index in [0.717, 1.165) is 0 Å². The van der Waals surface area contributed by atoms with Crippen molar-refractivity contribution in [2.24, 2.45) is 11.7 Å². The molecule has 1 aromatic rings. The first-order chi connectivity index (χ1) is 11.4. The monoisotopic (exact) mass is 362 g/mol. The summed E-state index contributed by atoms with van der Waals surface area (Å²) in [5.74, 6) is -0.569. The Morgan fingerprint density at radius 3 is 2.52 bits per heavy atom. The van der Waals surface area contributed by atoms with Gasteiger partial charge >= 0.3 is 0 Å². The fourth-order valence-electron chi connectivity index (χ4n) is 1.50. The second-order valence-electron chi connectivity index (χ2n) is 4.70. The molecule has 0 aliphatic rings. The first-order valence-electron chi connectivity index (χ1n) is 8.38. The van der Waals surface area contributed by atoms with Crippen molar-refractivity contribution >= 4 is 21.8 Å². The minimum atomic E-state index is -2.73. The molecule has 0 saturated carbocycles. The number of aryl methyl sites for hydroxylation is 1. The molecule has 1 amide bonds. The summed E-state index contributed by atoms with van der Waals surface area (Å²) >= 11 is 3.27. The Morgan fingerprint density at radius 2 is 2.00 bits per heavy atom. The van der Waals surface area contributed by atoms with Gasteiger partial charge in [-0.2, -0.15) is 0 Å². The topological polar surface area (TPSA) is 73.6 Å². The Balaban J connectivity index is 3.32. The summed E-state index contributed by atoms with van der Waals surface area (Å²) in [7, 11) is 2.75. The molecule has 118 valence electrons. The Bertz CT molecular complexity index is 641. The molecule has 1 aromatic carbocycles. The second kappa shape index (κ2) is 8.24. The molecule has 21 heavy (non-hydrogen) atoms. The molecule has 0 saturated heterocycles. The van der Waals surface area contributed by atoms with Crippen LogP contribution < -0.4 is 20.5 Å². The summed E-state index contributed by atoms with van der Waals surface area (Å²) in [6, 6.07) is 1.85. The van der Waals surface area contributed by atoms with E-state index in [2.05, 4.69) is 21.2 Å². The van der Waals surface area contributed by atoms with Gasteiger partial charge in [-0.3, -0.25) is 4.79 Å². The van der Waals surface area contributed by atoms with Crippen LogP contribution in [0.25, 0.3) is 0 Å². The van der Waals surface area contributed by atoms with Crippen molar-refractivity contribution in [3.8, 4) is 11.5 Å². The van der Waals surface area contributed by atoms with E-state index in [1.54, 1.807) is 13.8 Å². The number of amides is 1. The van der Waals surface area contributed by atoms with Crippen LogP contribution in [0.2, 0.25) is 0 Å². The zero-order valence-corrected chi connectivity index (χ0v) is 14.1. The smallest absolute Gasteiger partial charge is 0.237 e. The molecule has 0 unspecified atom stereocenters. The van der Waals surface area contributed by atoms with Gasteiger partial charge in [-0.05, 0) is 45.9 Å². The van der Waals surface area contributed by atoms with Gasteiger partial charge in [0.1, 0.15) is 11.5 Å². The van der Waals surface area contributed by atoms with Crippen molar-refractivity contribution in [2.45, 2.75) is 26.3 Å². The van der Waals surface area contributed by atoms with Gasteiger partial charge in [0.25, 0.3) is 0 Å². The van der Waals surface area contributed by atoms with Crippen LogP contribution >= 0.6 is 15.9 Å². The third kappa shape index (κ3) is 4.89. The number of rotatable bonds is 7. The van der Waals surface area contributed by atoms with E-state index in [1.807, 2.05) is 0 Å². The molecule has 5 nitrogen and oxygen atoms in total. The molecule has 0 fully saturated rings. The maximum Gasteiger partial charge on any atom is 0.237 e. The summed E-state index contributed by atoms with van der Waals surface area (Å²) in [4.78, 5) is 12.1. The number of carbonyl (C=O) groups is 1. The fourth-order valence-corrected chi connectivity index (χ4v) is 1.99. The molecule has 0 aromatic heterocycles. The lowest BCUT2D eigenvalue weighted by Gasteiger charge is -2.16. The van der Waals surface area contributed by atoms with Crippen LogP contribution in [0, 0.1) is 5.92 Å². The van der Waals surface area contributed by atoms with E-state index in [-0.39, 0.29) is 17.2 Å². The second-order valence-corrected chi connectivity index (χ2v) is 5.55. The molecule has 0 spiro atoms. The van der Waals surface area contributed by atoms with E-state index in [4.69, 9.17) is 20.7 Å². The number of carbonyl (C=O) groups excluding carboxylic acids is 1. The molecule has 6 heteroatoms. The molecule has 1 rings (SSSR count). The van der Waals surface area contributed by atoms with Crippen molar-refractivity contribution < 1.29 is 19.8 Å². The highest BCUT2D eigenvalue weighted by atomic mass is 79.9. The Hall–Kier alpha value is -1.27. The summed E-state index contributed by atoms with van der Waals surface area (Å²) in [6.45, 7) is 0.705. The molecule has 0 bridgehead atoms. The van der Waals surface area contributed by atoms with Crippen molar-refractivity contribution in [2.75, 3.05) is 20.7 Å². The zero-order valence-electron chi connectivity index (χ0n) is 16.5. The van der Waals surface area contributed by atoms with E-state index < -0.39 is 24.8 Å². The largest absolute Gasteiger partial charge is 0.496 e. The van der Waals surface area contributed by atoms with Crippen LogP contribution in [0.15, 0.2) is 16.6 Å². The number of nitrogens with two attached hydrogens (primary N) is 1. The number of benzene rings is 1. The lowest BCUT2D eigenvalue weighted by molar-refractivity contribution is -0.123. The van der Waals surface area contributed by atoms with Crippen LogP contribution in [0.1, 0.15) is 24.9 Å². The van der Waals surface area contributed by atoms with Gasteiger partial charge in [0.2, 0.25) is 5.91 Å². The first kappa shape index (κ1) is 12.3. The molecular formula is C15H23BrN2O3. The Labute approximate surface area is 139 Å². The van der Waals surface area contributed by atoms with Gasteiger partial charge in [-0.1, -0.05) is 13.8 Å². The van der Waals surface area contributed by atoms with Crippen molar-refractivity contribution in [3.05, 3.63) is 22.2 Å². The van der Waals surface area contributed by atoms with E-state index in [0.29, 0.717) is 10.2 Å². The normalized spacial score (nSPS) is 16.3. The predicted molar refractivity (Wildman–Crippen MR) is 86.8 cm³/mol. The molecule has 3 N–H and O–H groups in total. The van der Waals surface area contributed by atoms with Crippen LogP contribution in [-0.2, 0) is 11.2 Å². The van der Waals surface area contributed by atoms with Gasteiger partial charge in [-0.25, -0.2) is 0 Å². The maximum atomic E-state index is 12.1. The standard InChI is InChI=1S/C15H23BrN2O3/c1-9(2)14(17)15(19)18-6-5-10-7-13(21-4)11(16)8-12(10)20-3/h7-9,14H,5-6,17H2,1-4H3,(H,18,19)/t14-/m0/s1/i5D2,6D2. The lowest BCUT2D eigenvalue weighted by Crippen LogP contribution is -2.44. The number of hydrogen-bond donors (Lipinski definition) is 2. The maximum absolute atomic E-state index is 12.1. The lowest BCUT2D eigenvalue weighted by atomic mass is 10.0. The number of hydrogen-bond acceptors (Lipinski definition) is 4. The molecular weight excluding hydrogens is 336 g/mol. The molecule has 0 radical (unpaired) electrons. The number of methoxy groups -OCH3 is 2. The molecule has 0 aliphatic heterocycles. The van der Waals surface area contributed by atoms with Gasteiger partial charge in [0.15, 0.2) is 0 Å². The van der Waals surface area contributed by atoms with E-state index in [1.165, 1.54) is 26.4 Å². The third-order valence-electron chi connectivity index (χ3n) is 2.88. The number of halogens is 1. The average Bonchev–Trinajstić information content (AvgIpc) is 2.52. The fraction of sp³-hybridized carbons (Fsp3) is 0.533. The zero-order chi connectivity index (χ0) is 19.6. The number of ether oxygens (including phenoxy) is 2. The highest BCUT2D eigenvalue weighted by Crippen LogP contribution is 2.32. The number of nitrogens with one attached hydrogen (secondary N) is 1. The van der Waals surface area contributed by atoms with E-state index in [9.17, 15) is 4.79 Å². The highest BCUT2D eigenvalue weighted by Gasteiger charge is 2.17. The van der Waals surface area contributed by atoms with Crippen molar-refractivity contribution in [3.63, 3.8) is 0 Å². The predicted octanol–water partition coefficient (Wildman–Crippen LogP) is 2.11. The third-order valence-corrected chi connectivity index (χ3v) is 3.50. The van der Waals surface area contributed by atoms with Crippen LogP contribution in [0.3, 0.4) is 0 Å². The molecule has 0 aliphatic carbocycles. The van der Waals surface area contributed by atoms with Gasteiger partial charge in [0, 0.05) is 12.0 Å². The van der Waals surface area contributed by atoms with Crippen LogP contribution in [0.4, 0.5) is 0 Å². The van der Waals surface area contributed by atoms with E-state index >= 15 is 0 Å². The quantitative estimate of drug-likeness (QED) is 0.778. The van der Waals surface area contributed by atoms with Crippen molar-refractivity contribution in [1.29, 1.82) is 0 Å². The SMILES string of the molecule is [2H]C([2H])(NC(=O)[C@@H](N)C(C)C)C([2H])([2H])c1cc(OC)c(Br)cc1OC. The summed E-state index contributed by atoms with van der Waals surface area (Å²) in [5.41, 5.74) is 5.62. The molecule has 0 heterocycles. The summed E-state index contributed by atoms with van der Waals surface area (Å²) in [6.07, 6.45) is -2.61. The molecule has 1 atom stereocenters. The highest BCUT2D eigenvalue weighted by molar-refractivity contribution is 9.10. The van der Waals surface area contributed by atoms with Crippen molar-refractivity contribution in [1.82, 2.24) is 5.32 Å². The summed E-state index contributed by atoms with van der Waals surface area (Å²) < 4.78 is 43.6. The van der Waals surface area contributed by atoms with Crippen LogP contribution in [-0.4, -0.2) is 32.7 Å². The minimum absolute atomic E-state index is 0.0986. The Morgan fingerprint density at radius 1 is 1.38 bits per heavy atom. The van der Waals surface area contributed by atoms with Gasteiger partial charge in [0.05, 0.1) is 24.7 Å². The first-order valence-corrected chi connectivity index (χ1v) is 7.18. The minimum Gasteiger partial charge on any atom is -0.496 e. The Kier molecular flexibility index (Phi) is 4.82. The summed E-state index contributed by atoms with van der Waals surface area (Å²) in [5, 5.41) is 2.07. The average molecular weight is 363 g/mol.